The second kappa shape index (κ2) is 5.95. The van der Waals surface area contributed by atoms with E-state index in [1.165, 1.54) is 12.1 Å². The van der Waals surface area contributed by atoms with Crippen LogP contribution in [0.4, 0.5) is 4.39 Å². The Hall–Kier alpha value is -1.76. The molecule has 0 unspecified atom stereocenters. The van der Waals surface area contributed by atoms with E-state index >= 15 is 0 Å². The van der Waals surface area contributed by atoms with Crippen molar-refractivity contribution in [3.05, 3.63) is 65.5 Å². The second-order valence-corrected chi connectivity index (χ2v) is 8.47. The third-order valence-corrected chi connectivity index (χ3v) is 7.31. The van der Waals surface area contributed by atoms with E-state index < -0.39 is 26.4 Å². The lowest BCUT2D eigenvalue weighted by molar-refractivity contribution is 0.212. The van der Waals surface area contributed by atoms with Crippen LogP contribution in [-0.2, 0) is 9.84 Å². The van der Waals surface area contributed by atoms with Crippen LogP contribution in [0.2, 0.25) is 0 Å². The molecule has 0 radical (unpaired) electrons. The molecule has 2 aromatic rings. The molecular formula is C18H20FNO3S. The van der Waals surface area contributed by atoms with Crippen molar-refractivity contribution < 1.29 is 17.9 Å². The maximum Gasteiger partial charge on any atom is 0.182 e. The van der Waals surface area contributed by atoms with E-state index in [0.717, 1.165) is 5.56 Å². The Labute approximate surface area is 141 Å². The average Bonchev–Trinajstić information content (AvgIpc) is 3.26. The fraction of sp³-hybridized carbons (Fsp3) is 0.333. The summed E-state index contributed by atoms with van der Waals surface area (Å²) in [5.41, 5.74) is 6.54. The maximum atomic E-state index is 13.2. The molecule has 0 aliphatic heterocycles. The van der Waals surface area contributed by atoms with Crippen LogP contribution in [0.1, 0.15) is 17.0 Å². The quantitative estimate of drug-likeness (QED) is 0.865. The molecule has 24 heavy (non-hydrogen) atoms. The van der Waals surface area contributed by atoms with E-state index in [9.17, 15) is 17.9 Å². The molecule has 0 spiro atoms. The number of benzene rings is 2. The molecule has 3 rings (SSSR count). The van der Waals surface area contributed by atoms with Crippen molar-refractivity contribution in [2.45, 2.75) is 23.0 Å². The smallest absolute Gasteiger partial charge is 0.182 e. The summed E-state index contributed by atoms with van der Waals surface area (Å²) in [6.45, 7) is 1.59. The summed E-state index contributed by atoms with van der Waals surface area (Å²) in [6, 6.07) is 12.3. The topological polar surface area (TPSA) is 80.4 Å². The minimum absolute atomic E-state index is 0.0430. The van der Waals surface area contributed by atoms with E-state index in [2.05, 4.69) is 0 Å². The molecule has 3 N–H and O–H groups in total. The number of halogens is 1. The Morgan fingerprint density at radius 2 is 1.71 bits per heavy atom. The molecule has 1 aliphatic carbocycles. The number of aliphatic hydroxyl groups excluding tert-OH is 1. The van der Waals surface area contributed by atoms with Crippen LogP contribution in [0.15, 0.2) is 53.4 Å². The summed E-state index contributed by atoms with van der Waals surface area (Å²) in [5, 5.41) is 9.04. The lowest BCUT2D eigenvalue weighted by atomic mass is 10.0. The Kier molecular flexibility index (Phi) is 4.23. The Balaban J connectivity index is 2.04. The normalized spacial score (nSPS) is 26.3. The van der Waals surface area contributed by atoms with Crippen molar-refractivity contribution in [2.24, 2.45) is 11.1 Å². The van der Waals surface area contributed by atoms with Crippen LogP contribution in [-0.4, -0.2) is 31.9 Å². The SMILES string of the molecule is Cc1ccc(S(=O)(=O)[C@H]2[C@H](c3ccc(F)cc3)[C@@]2(CN)CO)cc1. The van der Waals surface area contributed by atoms with E-state index in [0.29, 0.717) is 5.56 Å². The summed E-state index contributed by atoms with van der Waals surface area (Å²) >= 11 is 0. The van der Waals surface area contributed by atoms with Crippen molar-refractivity contribution in [1.29, 1.82) is 0 Å². The van der Waals surface area contributed by atoms with Gasteiger partial charge in [0, 0.05) is 17.9 Å². The molecule has 0 heterocycles. The van der Waals surface area contributed by atoms with Gasteiger partial charge in [-0.25, -0.2) is 12.8 Å². The minimum Gasteiger partial charge on any atom is -0.396 e. The lowest BCUT2D eigenvalue weighted by Gasteiger charge is -2.12. The van der Waals surface area contributed by atoms with Gasteiger partial charge in [-0.1, -0.05) is 29.8 Å². The third-order valence-electron chi connectivity index (χ3n) is 4.97. The van der Waals surface area contributed by atoms with Crippen molar-refractivity contribution in [2.75, 3.05) is 13.2 Å². The Morgan fingerprint density at radius 3 is 2.21 bits per heavy atom. The lowest BCUT2D eigenvalue weighted by Crippen LogP contribution is -2.27. The number of nitrogens with two attached hydrogens (primary N) is 1. The highest BCUT2D eigenvalue weighted by atomic mass is 32.2. The fourth-order valence-corrected chi connectivity index (χ4v) is 5.94. The van der Waals surface area contributed by atoms with Crippen molar-refractivity contribution >= 4 is 9.84 Å². The average molecular weight is 349 g/mol. The number of hydrogen-bond acceptors (Lipinski definition) is 4. The van der Waals surface area contributed by atoms with Gasteiger partial charge in [0.05, 0.1) is 16.8 Å². The highest BCUT2D eigenvalue weighted by molar-refractivity contribution is 7.92. The monoisotopic (exact) mass is 349 g/mol. The zero-order valence-electron chi connectivity index (χ0n) is 13.3. The number of aryl methyl sites for hydroxylation is 1. The van der Waals surface area contributed by atoms with Gasteiger partial charge < -0.3 is 10.8 Å². The summed E-state index contributed by atoms with van der Waals surface area (Å²) < 4.78 is 39.3. The van der Waals surface area contributed by atoms with Gasteiger partial charge in [0.15, 0.2) is 9.84 Å². The van der Waals surface area contributed by atoms with E-state index in [1.54, 1.807) is 36.4 Å². The number of sulfone groups is 1. The zero-order chi connectivity index (χ0) is 17.5. The Morgan fingerprint density at radius 1 is 1.12 bits per heavy atom. The van der Waals surface area contributed by atoms with Crippen molar-refractivity contribution in [1.82, 2.24) is 0 Å². The van der Waals surface area contributed by atoms with Gasteiger partial charge >= 0.3 is 0 Å². The number of hydrogen-bond donors (Lipinski definition) is 2. The standard InChI is InChI=1S/C18H20FNO3S/c1-12-2-8-15(9-3-12)24(22,23)17-16(18(17,10-20)11-21)13-4-6-14(19)7-5-13/h2-9,16-17,21H,10-11,20H2,1H3/t16-,17-,18+/m0/s1. The first-order chi connectivity index (χ1) is 11.4. The predicted octanol–water partition coefficient (Wildman–Crippen LogP) is 2.01. The molecule has 128 valence electrons. The molecule has 1 aliphatic rings. The van der Waals surface area contributed by atoms with Gasteiger partial charge in [-0.15, -0.1) is 0 Å². The molecule has 4 nitrogen and oxygen atoms in total. The van der Waals surface area contributed by atoms with Crippen LogP contribution in [0.3, 0.4) is 0 Å². The first-order valence-electron chi connectivity index (χ1n) is 7.74. The predicted molar refractivity (Wildman–Crippen MR) is 89.9 cm³/mol. The van der Waals surface area contributed by atoms with Crippen molar-refractivity contribution in [3.63, 3.8) is 0 Å². The molecule has 3 atom stereocenters. The van der Waals surface area contributed by atoms with E-state index in [4.69, 9.17) is 5.73 Å². The maximum absolute atomic E-state index is 13.2. The van der Waals surface area contributed by atoms with E-state index in [-0.39, 0.29) is 23.9 Å². The summed E-state index contributed by atoms with van der Waals surface area (Å²) in [6.07, 6.45) is 0. The van der Waals surface area contributed by atoms with Gasteiger partial charge in [-0.05, 0) is 36.8 Å². The van der Waals surface area contributed by atoms with Gasteiger partial charge in [0.25, 0.3) is 0 Å². The molecule has 0 amide bonds. The number of aliphatic hydroxyl groups is 1. The summed E-state index contributed by atoms with van der Waals surface area (Å²) in [5.74, 6) is -0.834. The first-order valence-corrected chi connectivity index (χ1v) is 9.28. The molecule has 0 saturated heterocycles. The van der Waals surface area contributed by atoms with Gasteiger partial charge in [-0.3, -0.25) is 0 Å². The fourth-order valence-electron chi connectivity index (χ4n) is 3.49. The highest BCUT2D eigenvalue weighted by Gasteiger charge is 2.70. The zero-order valence-corrected chi connectivity index (χ0v) is 14.1. The Bertz CT molecular complexity index is 828. The molecular weight excluding hydrogens is 329 g/mol. The van der Waals surface area contributed by atoms with Crippen molar-refractivity contribution in [3.8, 4) is 0 Å². The highest BCUT2D eigenvalue weighted by Crippen LogP contribution is 2.63. The summed E-state index contributed by atoms with van der Waals surface area (Å²) in [7, 11) is -3.66. The summed E-state index contributed by atoms with van der Waals surface area (Å²) in [4.78, 5) is 0.217. The first kappa shape index (κ1) is 17.1. The largest absolute Gasteiger partial charge is 0.396 e. The van der Waals surface area contributed by atoms with Gasteiger partial charge in [0.2, 0.25) is 0 Å². The molecule has 0 aromatic heterocycles. The molecule has 1 saturated carbocycles. The van der Waals surface area contributed by atoms with Crippen LogP contribution >= 0.6 is 0 Å². The number of rotatable bonds is 5. The molecule has 0 bridgehead atoms. The van der Waals surface area contributed by atoms with Gasteiger partial charge in [-0.2, -0.15) is 0 Å². The minimum atomic E-state index is -3.66. The second-order valence-electron chi connectivity index (χ2n) is 6.40. The third kappa shape index (κ3) is 2.55. The van der Waals surface area contributed by atoms with Crippen LogP contribution < -0.4 is 5.73 Å². The van der Waals surface area contributed by atoms with Crippen LogP contribution in [0, 0.1) is 18.2 Å². The molecule has 2 aromatic carbocycles. The van der Waals surface area contributed by atoms with Crippen LogP contribution in [0.5, 0.6) is 0 Å². The van der Waals surface area contributed by atoms with Crippen LogP contribution in [0.25, 0.3) is 0 Å². The molecule has 1 fully saturated rings. The van der Waals surface area contributed by atoms with Gasteiger partial charge in [0.1, 0.15) is 5.82 Å². The van der Waals surface area contributed by atoms with E-state index in [1.807, 2.05) is 6.92 Å². The molecule has 6 heteroatoms.